The quantitative estimate of drug-likeness (QED) is 0.0902. The van der Waals surface area contributed by atoms with Gasteiger partial charge in [-0.15, -0.1) is 0 Å². The number of aliphatic hydroxyl groups is 1. The highest BCUT2D eigenvalue weighted by Gasteiger charge is 1.99. The number of carbonyl (C=O) groups is 3. The summed E-state index contributed by atoms with van der Waals surface area (Å²) in [5.41, 5.74) is 14.4. The maximum Gasteiger partial charge on any atom is 0.300 e. The van der Waals surface area contributed by atoms with Crippen molar-refractivity contribution in [3.63, 3.8) is 0 Å². The SMILES string of the molecule is CC(=O)O.CC(C)CO.CC(C)COc1ccc(C=O)cc1.CC(C)COc1ccc(CN)cc1.CC(C)COc1ccc(CN)cc1.O=Cc1ccc(F)cc1. The molecule has 0 bridgehead atoms. The third-order valence-electron chi connectivity index (χ3n) is 6.46. The summed E-state index contributed by atoms with van der Waals surface area (Å²) in [6.45, 7) is 21.5. The van der Waals surface area contributed by atoms with E-state index in [1.807, 2.05) is 74.5 Å². The number of halogens is 1. The molecule has 4 rings (SSSR count). The summed E-state index contributed by atoms with van der Waals surface area (Å²) < 4.78 is 28.6. The molecule has 0 aromatic heterocycles. The van der Waals surface area contributed by atoms with E-state index in [2.05, 4.69) is 41.5 Å². The molecule has 0 unspecified atom stereocenters. The second-order valence-corrected chi connectivity index (χ2v) is 14.3. The molecule has 10 nitrogen and oxygen atoms in total. The van der Waals surface area contributed by atoms with Crippen LogP contribution in [0.4, 0.5) is 4.39 Å². The summed E-state index contributed by atoms with van der Waals surface area (Å²) in [5, 5.41) is 15.6. The van der Waals surface area contributed by atoms with Gasteiger partial charge in [-0.2, -0.15) is 0 Å². The Morgan fingerprint density at radius 3 is 1.02 bits per heavy atom. The second kappa shape index (κ2) is 34.2. The van der Waals surface area contributed by atoms with Gasteiger partial charge in [0.1, 0.15) is 35.6 Å². The normalized spacial score (nSPS) is 9.77. The van der Waals surface area contributed by atoms with E-state index in [-0.39, 0.29) is 5.82 Å². The number of carbonyl (C=O) groups excluding carboxylic acids is 2. The van der Waals surface area contributed by atoms with E-state index < -0.39 is 5.97 Å². The number of rotatable bonds is 14. The summed E-state index contributed by atoms with van der Waals surface area (Å²) in [6.07, 6.45) is 1.51. The summed E-state index contributed by atoms with van der Waals surface area (Å²) in [6, 6.07) is 28.3. The predicted octanol–water partition coefficient (Wildman–Crippen LogP) is 9.26. The van der Waals surface area contributed by atoms with E-state index >= 15 is 0 Å². The van der Waals surface area contributed by atoms with E-state index in [0.717, 1.165) is 54.8 Å². The first-order valence-electron chi connectivity index (χ1n) is 19.0. The first-order chi connectivity index (χ1) is 27.0. The molecule has 0 heterocycles. The molecule has 0 aliphatic rings. The van der Waals surface area contributed by atoms with Crippen molar-refractivity contribution in [2.75, 3.05) is 26.4 Å². The molecule has 0 aliphatic carbocycles. The highest BCUT2D eigenvalue weighted by Crippen LogP contribution is 2.14. The van der Waals surface area contributed by atoms with E-state index in [1.54, 1.807) is 12.1 Å². The van der Waals surface area contributed by atoms with Crippen LogP contribution in [-0.2, 0) is 17.9 Å². The van der Waals surface area contributed by atoms with Gasteiger partial charge < -0.3 is 35.9 Å². The Labute approximate surface area is 340 Å². The van der Waals surface area contributed by atoms with Crippen molar-refractivity contribution in [1.82, 2.24) is 0 Å². The standard InChI is InChI=1S/2C11H17NO.C11H14O2.C7H5FO.C4H10O.C2H4O2/c3*1-9(2)8-13-11-5-3-10(7-12)4-6-11;8-7-3-1-6(5-9)2-4-7;1-4(2)3-5;1-2(3)4/h2*3-6,9H,7-8,12H2,1-2H3;3-7,9H,8H2,1-2H3;1-5H;4-5H,3H2,1-2H3;1H3,(H,3,4). The van der Waals surface area contributed by atoms with Gasteiger partial charge in [0.2, 0.25) is 0 Å². The molecule has 0 aliphatic heterocycles. The Bertz CT molecular complexity index is 1500. The molecule has 0 saturated heterocycles. The summed E-state index contributed by atoms with van der Waals surface area (Å²) in [4.78, 5) is 29.3. The molecule has 57 heavy (non-hydrogen) atoms. The zero-order valence-corrected chi connectivity index (χ0v) is 35.3. The van der Waals surface area contributed by atoms with E-state index in [0.29, 0.717) is 67.4 Å². The van der Waals surface area contributed by atoms with Crippen LogP contribution >= 0.6 is 0 Å². The number of aldehydes is 2. The molecule has 0 spiro atoms. The Kier molecular flexibility index (Phi) is 32.4. The number of hydrogen-bond acceptors (Lipinski definition) is 9. The van der Waals surface area contributed by atoms with Crippen LogP contribution in [0.25, 0.3) is 0 Å². The van der Waals surface area contributed by atoms with Crippen LogP contribution < -0.4 is 25.7 Å². The van der Waals surface area contributed by atoms with Crippen LogP contribution in [0.5, 0.6) is 17.2 Å². The van der Waals surface area contributed by atoms with Crippen LogP contribution in [0.2, 0.25) is 0 Å². The minimum absolute atomic E-state index is 0.306. The zero-order valence-electron chi connectivity index (χ0n) is 35.3. The predicted molar refractivity (Wildman–Crippen MR) is 229 cm³/mol. The van der Waals surface area contributed by atoms with Crippen molar-refractivity contribution >= 4 is 18.5 Å². The van der Waals surface area contributed by atoms with Crippen molar-refractivity contribution in [2.45, 2.75) is 75.4 Å². The van der Waals surface area contributed by atoms with E-state index in [4.69, 9.17) is 40.7 Å². The van der Waals surface area contributed by atoms with Crippen molar-refractivity contribution in [3.05, 3.63) is 125 Å². The molecule has 0 fully saturated rings. The van der Waals surface area contributed by atoms with Crippen LogP contribution in [0.15, 0.2) is 97.1 Å². The number of nitrogens with two attached hydrogens (primary N) is 2. The maximum atomic E-state index is 12.1. The Balaban J connectivity index is 0. The summed E-state index contributed by atoms with van der Waals surface area (Å²) in [5.74, 6) is 3.60. The van der Waals surface area contributed by atoms with E-state index in [9.17, 15) is 14.0 Å². The van der Waals surface area contributed by atoms with Gasteiger partial charge in [-0.3, -0.25) is 14.4 Å². The molecule has 4 aromatic rings. The number of carboxylic acids is 1. The van der Waals surface area contributed by atoms with Gasteiger partial charge >= 0.3 is 0 Å². The molecule has 0 radical (unpaired) electrons. The fourth-order valence-electron chi connectivity index (χ4n) is 3.42. The summed E-state index contributed by atoms with van der Waals surface area (Å²) in [7, 11) is 0. The molecule has 11 heteroatoms. The number of benzene rings is 4. The number of hydrogen-bond donors (Lipinski definition) is 4. The molecule has 6 N–H and O–H groups in total. The maximum absolute atomic E-state index is 12.1. The van der Waals surface area contributed by atoms with Crippen molar-refractivity contribution in [1.29, 1.82) is 0 Å². The van der Waals surface area contributed by atoms with Gasteiger partial charge in [-0.25, -0.2) is 4.39 Å². The highest BCUT2D eigenvalue weighted by molar-refractivity contribution is 5.75. The van der Waals surface area contributed by atoms with Crippen molar-refractivity contribution < 1.29 is 43.2 Å². The lowest BCUT2D eigenvalue weighted by atomic mass is 10.2. The summed E-state index contributed by atoms with van der Waals surface area (Å²) >= 11 is 0. The largest absolute Gasteiger partial charge is 0.493 e. The van der Waals surface area contributed by atoms with Crippen LogP contribution in [0, 0.1) is 29.5 Å². The molecule has 0 amide bonds. The minimum Gasteiger partial charge on any atom is -0.493 e. The van der Waals surface area contributed by atoms with Crippen molar-refractivity contribution in [2.24, 2.45) is 35.1 Å². The van der Waals surface area contributed by atoms with Gasteiger partial charge in [-0.05, 0) is 108 Å². The van der Waals surface area contributed by atoms with Gasteiger partial charge in [0.05, 0.1) is 19.8 Å². The third kappa shape index (κ3) is 33.9. The molecule has 0 atom stereocenters. The average Bonchev–Trinajstić information content (AvgIpc) is 3.20. The number of aliphatic hydroxyl groups excluding tert-OH is 1. The average molecular weight is 795 g/mol. The molecule has 316 valence electrons. The lowest BCUT2D eigenvalue weighted by Crippen LogP contribution is -2.04. The monoisotopic (exact) mass is 794 g/mol. The van der Waals surface area contributed by atoms with Crippen LogP contribution in [0.3, 0.4) is 0 Å². The smallest absolute Gasteiger partial charge is 0.300 e. The Morgan fingerprint density at radius 2 is 0.807 bits per heavy atom. The van der Waals surface area contributed by atoms with E-state index in [1.165, 1.54) is 24.3 Å². The molecule has 0 saturated carbocycles. The topological polar surface area (TPSA) is 171 Å². The number of carboxylic acid groups (broad SMARTS) is 1. The lowest BCUT2D eigenvalue weighted by molar-refractivity contribution is -0.134. The highest BCUT2D eigenvalue weighted by atomic mass is 19.1. The zero-order chi connectivity index (χ0) is 43.6. The fraction of sp³-hybridized carbons (Fsp3) is 0.413. The van der Waals surface area contributed by atoms with Gasteiger partial charge in [0, 0.05) is 37.7 Å². The first kappa shape index (κ1) is 54.0. The second-order valence-electron chi connectivity index (χ2n) is 14.3. The number of aliphatic carboxylic acids is 1. The van der Waals surface area contributed by atoms with Gasteiger partial charge in [-0.1, -0.05) is 79.7 Å². The van der Waals surface area contributed by atoms with Gasteiger partial charge in [0.25, 0.3) is 5.97 Å². The molecular weight excluding hydrogens is 728 g/mol. The minimum atomic E-state index is -0.833. The Hall–Kier alpha value is -5.10. The lowest BCUT2D eigenvalue weighted by Gasteiger charge is -2.08. The third-order valence-corrected chi connectivity index (χ3v) is 6.46. The van der Waals surface area contributed by atoms with Crippen LogP contribution in [0.1, 0.15) is 94.2 Å². The molecular formula is C46H67FN2O8. The Morgan fingerprint density at radius 1 is 0.561 bits per heavy atom. The fourth-order valence-corrected chi connectivity index (χ4v) is 3.42. The van der Waals surface area contributed by atoms with Gasteiger partial charge in [0.15, 0.2) is 0 Å². The van der Waals surface area contributed by atoms with Crippen LogP contribution in [-0.4, -0.2) is 55.2 Å². The first-order valence-corrected chi connectivity index (χ1v) is 19.0. The molecule has 4 aromatic carbocycles. The number of ether oxygens (including phenoxy) is 3. The van der Waals surface area contributed by atoms with Crippen molar-refractivity contribution in [3.8, 4) is 17.2 Å².